The molecule has 0 amide bonds. The molecule has 4 rings (SSSR count). The molecule has 0 saturated heterocycles. The molecule has 30 heavy (non-hydrogen) atoms. The minimum atomic E-state index is -0.826. The summed E-state index contributed by atoms with van der Waals surface area (Å²) in [6.45, 7) is 0. The van der Waals surface area contributed by atoms with Crippen molar-refractivity contribution in [3.05, 3.63) is 83.9 Å². The standard InChI is InChI=1S/C25H25NO.2ClH.Zr/c27-25-22(18-26-23-14-8-3-9-15-23)16-21(19-10-4-1-5-11-19)17-24(25)20-12-6-2-7-13-20;;;/h1,3-5,8-11,14-18,20,27H,2,6-7,12-13H2;2*1H;/q;;;+2/p-2. The summed E-state index contributed by atoms with van der Waals surface area (Å²) >= 11 is -0.826. The maximum atomic E-state index is 11.0. The van der Waals surface area contributed by atoms with Crippen molar-refractivity contribution in [3.8, 4) is 16.9 Å². The number of hydrogen-bond donors (Lipinski definition) is 1. The summed E-state index contributed by atoms with van der Waals surface area (Å²) in [6.07, 6.45) is 7.89. The molecule has 1 fully saturated rings. The number of benzene rings is 3. The fraction of sp³-hybridized carbons (Fsp3) is 0.240. The van der Waals surface area contributed by atoms with Crippen molar-refractivity contribution in [2.24, 2.45) is 4.99 Å². The van der Waals surface area contributed by atoms with Crippen molar-refractivity contribution in [3.63, 3.8) is 0 Å². The Balaban J connectivity index is 0.000000806. The van der Waals surface area contributed by atoms with E-state index in [0.29, 0.717) is 11.7 Å². The SMILES string of the molecule is Oc1c(C=Nc2ccccc2)cc(-c2ccccc2)cc1C1CCCCC1.[Cl][Zr][Cl]. The van der Waals surface area contributed by atoms with E-state index in [1.165, 1.54) is 24.8 Å². The number of hydrogen-bond acceptors (Lipinski definition) is 2. The minimum absolute atomic E-state index is 0.390. The van der Waals surface area contributed by atoms with Crippen LogP contribution in [0.3, 0.4) is 0 Å². The van der Waals surface area contributed by atoms with Gasteiger partial charge in [-0.25, -0.2) is 0 Å². The van der Waals surface area contributed by atoms with Crippen LogP contribution in [0.5, 0.6) is 5.75 Å². The third kappa shape index (κ3) is 6.54. The molecule has 0 bridgehead atoms. The molecule has 5 heteroatoms. The van der Waals surface area contributed by atoms with Gasteiger partial charge in [0.1, 0.15) is 5.75 Å². The van der Waals surface area contributed by atoms with Crippen molar-refractivity contribution < 1.29 is 26.0 Å². The van der Waals surface area contributed by atoms with E-state index in [-0.39, 0.29) is 0 Å². The number of para-hydroxylation sites is 1. The number of phenols is 1. The summed E-state index contributed by atoms with van der Waals surface area (Å²) in [5.41, 5.74) is 5.07. The Morgan fingerprint density at radius 1 is 0.833 bits per heavy atom. The molecule has 3 aromatic carbocycles. The molecule has 0 atom stereocenters. The maximum absolute atomic E-state index is 11.0. The van der Waals surface area contributed by atoms with Crippen molar-refractivity contribution in [1.82, 2.24) is 0 Å². The van der Waals surface area contributed by atoms with E-state index in [4.69, 9.17) is 17.0 Å². The van der Waals surface area contributed by atoms with E-state index < -0.39 is 20.8 Å². The summed E-state index contributed by atoms with van der Waals surface area (Å²) in [5.74, 6) is 0.826. The zero-order chi connectivity index (χ0) is 21.2. The molecule has 2 nitrogen and oxygen atoms in total. The summed E-state index contributed by atoms with van der Waals surface area (Å²) < 4.78 is 0. The van der Waals surface area contributed by atoms with Crippen LogP contribution in [0.1, 0.15) is 49.1 Å². The van der Waals surface area contributed by atoms with Gasteiger partial charge in [0.25, 0.3) is 0 Å². The Hall–Kier alpha value is -1.41. The van der Waals surface area contributed by atoms with Gasteiger partial charge in [0.2, 0.25) is 0 Å². The third-order valence-electron chi connectivity index (χ3n) is 5.43. The fourth-order valence-corrected chi connectivity index (χ4v) is 3.96. The molecule has 0 unspecified atom stereocenters. The van der Waals surface area contributed by atoms with Gasteiger partial charge in [0, 0.05) is 11.8 Å². The first-order valence-electron chi connectivity index (χ1n) is 10.2. The molecule has 0 aliphatic heterocycles. The Kier molecular flexibility index (Phi) is 9.65. The summed E-state index contributed by atoms with van der Waals surface area (Å²) in [4.78, 5) is 4.57. The van der Waals surface area contributed by atoms with Crippen LogP contribution < -0.4 is 0 Å². The number of aromatic hydroxyl groups is 1. The normalized spacial score (nSPS) is 14.2. The van der Waals surface area contributed by atoms with E-state index in [9.17, 15) is 5.11 Å². The Labute approximate surface area is 197 Å². The number of aliphatic imine (C=N–C) groups is 1. The van der Waals surface area contributed by atoms with Crippen LogP contribution in [0, 0.1) is 0 Å². The molecule has 1 N–H and O–H groups in total. The summed E-state index contributed by atoms with van der Waals surface area (Å²) in [5, 5.41) is 11.0. The van der Waals surface area contributed by atoms with Crippen LogP contribution in [-0.4, -0.2) is 11.3 Å². The van der Waals surface area contributed by atoms with E-state index in [1.54, 1.807) is 6.21 Å². The molecule has 0 heterocycles. The van der Waals surface area contributed by atoms with Gasteiger partial charge in [-0.05, 0) is 59.7 Å². The van der Waals surface area contributed by atoms with Gasteiger partial charge in [-0.15, -0.1) is 0 Å². The van der Waals surface area contributed by atoms with Gasteiger partial charge in [-0.1, -0.05) is 67.8 Å². The molecule has 1 saturated carbocycles. The van der Waals surface area contributed by atoms with E-state index in [1.807, 2.05) is 42.5 Å². The molecule has 3 aromatic rings. The predicted molar refractivity (Wildman–Crippen MR) is 125 cm³/mol. The topological polar surface area (TPSA) is 32.6 Å². The summed E-state index contributed by atoms with van der Waals surface area (Å²) in [7, 11) is 9.87. The van der Waals surface area contributed by atoms with E-state index in [0.717, 1.165) is 35.2 Å². The molecule has 154 valence electrons. The second-order valence-electron chi connectivity index (χ2n) is 7.37. The van der Waals surface area contributed by atoms with Gasteiger partial charge in [0.15, 0.2) is 0 Å². The van der Waals surface area contributed by atoms with Crippen molar-refractivity contribution >= 4 is 28.9 Å². The van der Waals surface area contributed by atoms with Crippen LogP contribution in [0.25, 0.3) is 11.1 Å². The van der Waals surface area contributed by atoms with Gasteiger partial charge in [-0.3, -0.25) is 4.99 Å². The first-order chi connectivity index (χ1) is 14.7. The number of phenolic OH excluding ortho intramolecular Hbond substituents is 1. The van der Waals surface area contributed by atoms with Crippen molar-refractivity contribution in [2.75, 3.05) is 0 Å². The quantitative estimate of drug-likeness (QED) is 0.347. The molecule has 0 spiro atoms. The second-order valence-corrected chi connectivity index (χ2v) is 11.1. The van der Waals surface area contributed by atoms with Gasteiger partial charge in [-0.2, -0.15) is 0 Å². The average molecular weight is 518 g/mol. The molecule has 1 aliphatic rings. The van der Waals surface area contributed by atoms with E-state index in [2.05, 4.69) is 35.3 Å². The van der Waals surface area contributed by atoms with E-state index >= 15 is 0 Å². The average Bonchev–Trinajstić information content (AvgIpc) is 2.81. The van der Waals surface area contributed by atoms with Crippen LogP contribution in [0.15, 0.2) is 77.8 Å². The van der Waals surface area contributed by atoms with Crippen molar-refractivity contribution in [2.45, 2.75) is 38.0 Å². The van der Waals surface area contributed by atoms with Crippen LogP contribution >= 0.6 is 17.0 Å². The Morgan fingerprint density at radius 3 is 2.07 bits per heavy atom. The molecular formula is C25H25Cl2NOZr. The zero-order valence-electron chi connectivity index (χ0n) is 16.8. The monoisotopic (exact) mass is 515 g/mol. The van der Waals surface area contributed by atoms with Crippen molar-refractivity contribution in [1.29, 1.82) is 0 Å². The van der Waals surface area contributed by atoms with Crippen LogP contribution in [0.4, 0.5) is 5.69 Å². The van der Waals surface area contributed by atoms with Gasteiger partial charge < -0.3 is 5.11 Å². The second kappa shape index (κ2) is 12.4. The summed E-state index contributed by atoms with van der Waals surface area (Å²) in [6, 6.07) is 24.5. The third-order valence-corrected chi connectivity index (χ3v) is 5.43. The number of halogens is 2. The van der Waals surface area contributed by atoms with Crippen LogP contribution in [-0.2, 0) is 20.8 Å². The van der Waals surface area contributed by atoms with Gasteiger partial charge >= 0.3 is 37.9 Å². The molecule has 0 radical (unpaired) electrons. The molecule has 1 aliphatic carbocycles. The molecule has 0 aromatic heterocycles. The number of rotatable bonds is 4. The Morgan fingerprint density at radius 2 is 1.43 bits per heavy atom. The molecular weight excluding hydrogens is 492 g/mol. The first-order valence-corrected chi connectivity index (χ1v) is 16.5. The fourth-order valence-electron chi connectivity index (χ4n) is 3.96. The zero-order valence-corrected chi connectivity index (χ0v) is 20.7. The van der Waals surface area contributed by atoms with Crippen LogP contribution in [0.2, 0.25) is 0 Å². The Bertz CT molecular complexity index is 942. The number of nitrogens with zero attached hydrogens (tertiary/aromatic N) is 1. The van der Waals surface area contributed by atoms with Gasteiger partial charge in [0.05, 0.1) is 5.69 Å². The predicted octanol–water partition coefficient (Wildman–Crippen LogP) is 8.23. The first kappa shape index (κ1) is 23.3.